The zero-order chi connectivity index (χ0) is 13.7. The maximum atomic E-state index is 12.9. The molecule has 0 aromatic heterocycles. The van der Waals surface area contributed by atoms with Gasteiger partial charge in [-0.3, -0.25) is 0 Å². The maximum absolute atomic E-state index is 12.9. The zero-order valence-electron chi connectivity index (χ0n) is 10.8. The van der Waals surface area contributed by atoms with Crippen molar-refractivity contribution in [3.05, 3.63) is 53.3 Å². The van der Waals surface area contributed by atoms with Crippen LogP contribution in [0.25, 0.3) is 11.1 Å². The first kappa shape index (κ1) is 13.9. The molecule has 0 fully saturated rings. The minimum atomic E-state index is -0.241. The number of ether oxygens (including phenoxy) is 1. The van der Waals surface area contributed by atoms with Crippen LogP contribution in [0.15, 0.2) is 42.5 Å². The highest BCUT2D eigenvalue weighted by Gasteiger charge is 2.05. The second-order valence-electron chi connectivity index (χ2n) is 4.35. The van der Waals surface area contributed by atoms with Crippen molar-refractivity contribution in [2.45, 2.75) is 19.8 Å². The summed E-state index contributed by atoms with van der Waals surface area (Å²) in [7, 11) is 0. The number of hydrogen-bond donors (Lipinski definition) is 0. The van der Waals surface area contributed by atoms with E-state index in [-0.39, 0.29) is 5.82 Å². The average molecular weight is 279 g/mol. The van der Waals surface area contributed by atoms with E-state index in [0.29, 0.717) is 17.4 Å². The summed E-state index contributed by atoms with van der Waals surface area (Å²) in [6, 6.07) is 12.0. The van der Waals surface area contributed by atoms with Gasteiger partial charge in [-0.15, -0.1) is 0 Å². The van der Waals surface area contributed by atoms with Crippen molar-refractivity contribution in [2.24, 2.45) is 0 Å². The molecule has 0 atom stereocenters. The third-order valence-corrected chi connectivity index (χ3v) is 3.16. The Morgan fingerprint density at radius 3 is 2.37 bits per heavy atom. The number of hydrogen-bond acceptors (Lipinski definition) is 1. The zero-order valence-corrected chi connectivity index (χ0v) is 11.6. The molecule has 3 heteroatoms. The molecular weight excluding hydrogens is 263 g/mol. The molecule has 19 heavy (non-hydrogen) atoms. The fourth-order valence-corrected chi connectivity index (χ4v) is 2.00. The molecule has 100 valence electrons. The molecule has 0 aliphatic rings. The lowest BCUT2D eigenvalue weighted by molar-refractivity contribution is 0.309. The van der Waals surface area contributed by atoms with Crippen molar-refractivity contribution >= 4 is 11.6 Å². The van der Waals surface area contributed by atoms with Crippen LogP contribution in [-0.4, -0.2) is 6.61 Å². The van der Waals surface area contributed by atoms with Crippen molar-refractivity contribution in [2.75, 3.05) is 6.61 Å². The van der Waals surface area contributed by atoms with E-state index in [1.807, 2.05) is 18.2 Å². The van der Waals surface area contributed by atoms with Crippen molar-refractivity contribution in [1.82, 2.24) is 0 Å². The Balaban J connectivity index is 2.16. The molecule has 0 saturated carbocycles. The van der Waals surface area contributed by atoms with Gasteiger partial charge in [-0.25, -0.2) is 4.39 Å². The SMILES string of the molecule is CCCCOc1ccc(-c2ccc(F)cc2)cc1Cl. The van der Waals surface area contributed by atoms with Crippen LogP contribution in [0.1, 0.15) is 19.8 Å². The highest BCUT2D eigenvalue weighted by molar-refractivity contribution is 6.32. The van der Waals surface area contributed by atoms with E-state index < -0.39 is 0 Å². The van der Waals surface area contributed by atoms with Crippen LogP contribution in [0.3, 0.4) is 0 Å². The largest absolute Gasteiger partial charge is 0.492 e. The standard InChI is InChI=1S/C16H16ClFO/c1-2-3-10-19-16-9-6-13(11-15(16)17)12-4-7-14(18)8-5-12/h4-9,11H,2-3,10H2,1H3. The summed E-state index contributed by atoms with van der Waals surface area (Å²) in [5, 5.41) is 0.581. The van der Waals surface area contributed by atoms with E-state index in [2.05, 4.69) is 6.92 Å². The number of unbranched alkanes of at least 4 members (excludes halogenated alkanes) is 1. The highest BCUT2D eigenvalue weighted by atomic mass is 35.5. The van der Waals surface area contributed by atoms with Crippen molar-refractivity contribution < 1.29 is 9.13 Å². The average Bonchev–Trinajstić information content (AvgIpc) is 2.42. The van der Waals surface area contributed by atoms with Gasteiger partial charge in [0.25, 0.3) is 0 Å². The smallest absolute Gasteiger partial charge is 0.137 e. The highest BCUT2D eigenvalue weighted by Crippen LogP contribution is 2.30. The fraction of sp³-hybridized carbons (Fsp3) is 0.250. The molecule has 0 aliphatic carbocycles. The van der Waals surface area contributed by atoms with E-state index in [0.717, 1.165) is 24.0 Å². The van der Waals surface area contributed by atoms with E-state index in [1.165, 1.54) is 12.1 Å². The monoisotopic (exact) mass is 278 g/mol. The minimum Gasteiger partial charge on any atom is -0.492 e. The van der Waals surface area contributed by atoms with Crippen molar-refractivity contribution in [1.29, 1.82) is 0 Å². The summed E-state index contributed by atoms with van der Waals surface area (Å²) in [6.45, 7) is 2.79. The Morgan fingerprint density at radius 2 is 1.74 bits per heavy atom. The molecule has 0 bridgehead atoms. The van der Waals surface area contributed by atoms with E-state index in [1.54, 1.807) is 12.1 Å². The first-order chi connectivity index (χ1) is 9.20. The van der Waals surface area contributed by atoms with Gasteiger partial charge in [0.15, 0.2) is 0 Å². The predicted octanol–water partition coefficient (Wildman–Crippen LogP) is 5.33. The molecule has 0 N–H and O–H groups in total. The molecule has 0 unspecified atom stereocenters. The van der Waals surface area contributed by atoms with Gasteiger partial charge in [-0.05, 0) is 41.8 Å². The summed E-state index contributed by atoms with van der Waals surface area (Å²) in [5.41, 5.74) is 1.89. The molecule has 1 nitrogen and oxygen atoms in total. The molecule has 2 aromatic rings. The Morgan fingerprint density at radius 1 is 1.05 bits per heavy atom. The van der Waals surface area contributed by atoms with Crippen LogP contribution in [0.2, 0.25) is 5.02 Å². The van der Waals surface area contributed by atoms with Crippen LogP contribution in [0.5, 0.6) is 5.75 Å². The third-order valence-electron chi connectivity index (χ3n) is 2.86. The van der Waals surface area contributed by atoms with Gasteiger partial charge in [0.2, 0.25) is 0 Å². The molecule has 0 amide bonds. The van der Waals surface area contributed by atoms with Crippen LogP contribution in [0.4, 0.5) is 4.39 Å². The lowest BCUT2D eigenvalue weighted by Gasteiger charge is -2.09. The van der Waals surface area contributed by atoms with Gasteiger partial charge >= 0.3 is 0 Å². The van der Waals surface area contributed by atoms with Gasteiger partial charge < -0.3 is 4.74 Å². The Kier molecular flexibility index (Phi) is 4.80. The van der Waals surface area contributed by atoms with Crippen LogP contribution in [-0.2, 0) is 0 Å². The first-order valence-corrected chi connectivity index (χ1v) is 6.77. The summed E-state index contributed by atoms with van der Waals surface area (Å²) < 4.78 is 18.5. The second-order valence-corrected chi connectivity index (χ2v) is 4.76. The lowest BCUT2D eigenvalue weighted by atomic mass is 10.1. The number of rotatable bonds is 5. The summed E-state index contributed by atoms with van der Waals surface area (Å²) in [5.74, 6) is 0.454. The topological polar surface area (TPSA) is 9.23 Å². The van der Waals surface area contributed by atoms with Gasteiger partial charge in [0.1, 0.15) is 11.6 Å². The lowest BCUT2D eigenvalue weighted by Crippen LogP contribution is -1.96. The van der Waals surface area contributed by atoms with Crippen LogP contribution >= 0.6 is 11.6 Å². The summed E-state index contributed by atoms with van der Waals surface area (Å²) >= 11 is 6.19. The fourth-order valence-electron chi connectivity index (χ4n) is 1.77. The van der Waals surface area contributed by atoms with Crippen LogP contribution in [0, 0.1) is 5.82 Å². The van der Waals surface area contributed by atoms with Gasteiger partial charge in [0, 0.05) is 0 Å². The molecule has 0 spiro atoms. The van der Waals surface area contributed by atoms with E-state index in [9.17, 15) is 4.39 Å². The van der Waals surface area contributed by atoms with Gasteiger partial charge in [0.05, 0.1) is 11.6 Å². The maximum Gasteiger partial charge on any atom is 0.137 e. The van der Waals surface area contributed by atoms with Gasteiger partial charge in [-0.2, -0.15) is 0 Å². The van der Waals surface area contributed by atoms with Crippen molar-refractivity contribution in [3.63, 3.8) is 0 Å². The molecular formula is C16H16ClFO. The van der Waals surface area contributed by atoms with Crippen LogP contribution < -0.4 is 4.74 Å². The Hall–Kier alpha value is -1.54. The quantitative estimate of drug-likeness (QED) is 0.672. The molecule has 2 aromatic carbocycles. The molecule has 2 rings (SSSR count). The molecule has 0 heterocycles. The third kappa shape index (κ3) is 3.71. The first-order valence-electron chi connectivity index (χ1n) is 6.39. The molecule has 0 radical (unpaired) electrons. The molecule has 0 aliphatic heterocycles. The molecule has 0 saturated heterocycles. The normalized spacial score (nSPS) is 10.5. The minimum absolute atomic E-state index is 0.241. The van der Waals surface area contributed by atoms with E-state index >= 15 is 0 Å². The summed E-state index contributed by atoms with van der Waals surface area (Å²) in [4.78, 5) is 0. The Bertz CT molecular complexity index is 537. The van der Waals surface area contributed by atoms with E-state index in [4.69, 9.17) is 16.3 Å². The Labute approximate surface area is 118 Å². The van der Waals surface area contributed by atoms with Crippen molar-refractivity contribution in [3.8, 4) is 16.9 Å². The number of benzene rings is 2. The second kappa shape index (κ2) is 6.58. The van der Waals surface area contributed by atoms with Gasteiger partial charge in [-0.1, -0.05) is 43.1 Å². The predicted molar refractivity (Wildman–Crippen MR) is 77.2 cm³/mol. The summed E-state index contributed by atoms with van der Waals surface area (Å²) in [6.07, 6.45) is 2.10. The number of halogens is 2.